The van der Waals surface area contributed by atoms with Gasteiger partial charge in [-0.2, -0.15) is 9.67 Å². The maximum absolute atomic E-state index is 12.6. The van der Waals surface area contributed by atoms with Crippen molar-refractivity contribution in [3.63, 3.8) is 0 Å². The Labute approximate surface area is 154 Å². The number of rotatable bonds is 5. The first-order chi connectivity index (χ1) is 12.2. The zero-order valence-corrected chi connectivity index (χ0v) is 15.8. The molecule has 26 heavy (non-hydrogen) atoms. The lowest BCUT2D eigenvalue weighted by atomic mass is 10.0. The molecule has 1 aromatic heterocycles. The van der Waals surface area contributed by atoms with Gasteiger partial charge in [0, 0.05) is 24.2 Å². The molecule has 6 heteroatoms. The van der Waals surface area contributed by atoms with Crippen LogP contribution >= 0.6 is 0 Å². The van der Waals surface area contributed by atoms with Crippen LogP contribution in [0.2, 0.25) is 0 Å². The fourth-order valence-electron chi connectivity index (χ4n) is 2.35. The van der Waals surface area contributed by atoms with Crippen molar-refractivity contribution >= 4 is 18.8 Å². The van der Waals surface area contributed by atoms with Gasteiger partial charge in [-0.3, -0.25) is 10.1 Å². The summed E-state index contributed by atoms with van der Waals surface area (Å²) in [5.74, 6) is -0.266. The summed E-state index contributed by atoms with van der Waals surface area (Å²) < 4.78 is 1.39. The number of nitrogens with one attached hydrogen (secondary N) is 1. The highest BCUT2D eigenvalue weighted by atomic mass is 16.2. The van der Waals surface area contributed by atoms with Gasteiger partial charge in [-0.25, -0.2) is 4.79 Å². The highest BCUT2D eigenvalue weighted by Gasteiger charge is 2.21. The first kappa shape index (κ1) is 19.3. The Morgan fingerprint density at radius 3 is 2.65 bits per heavy atom. The molecule has 2 rings (SSSR count). The van der Waals surface area contributed by atoms with E-state index in [4.69, 9.17) is 5.73 Å². The van der Waals surface area contributed by atoms with E-state index >= 15 is 0 Å². The van der Waals surface area contributed by atoms with Crippen LogP contribution in [0.15, 0.2) is 47.2 Å². The summed E-state index contributed by atoms with van der Waals surface area (Å²) in [6.07, 6.45) is 4.49. The average molecular weight is 352 g/mol. The van der Waals surface area contributed by atoms with E-state index in [1.165, 1.54) is 17.0 Å². The number of hydrogen-bond donors (Lipinski definition) is 2. The monoisotopic (exact) mass is 352 g/mol. The highest BCUT2D eigenvalue weighted by Crippen LogP contribution is 2.20. The molecule has 1 amide bonds. The molecule has 0 bridgehead atoms. The Kier molecular flexibility index (Phi) is 5.87. The number of benzene rings is 1. The first-order valence-corrected chi connectivity index (χ1v) is 8.40. The summed E-state index contributed by atoms with van der Waals surface area (Å²) in [5.41, 5.74) is 9.73. The smallest absolute Gasteiger partial charge is 0.404 e. The molecule has 0 radical (unpaired) electrons. The van der Waals surface area contributed by atoms with E-state index in [0.29, 0.717) is 12.1 Å². The van der Waals surface area contributed by atoms with Crippen LogP contribution in [-0.4, -0.2) is 39.2 Å². The Morgan fingerprint density at radius 1 is 1.38 bits per heavy atom. The number of aromatic nitrogens is 2. The Bertz CT molecular complexity index is 855. The second-order valence-corrected chi connectivity index (χ2v) is 7.17. The summed E-state index contributed by atoms with van der Waals surface area (Å²) in [6.45, 7) is 12.1. The van der Waals surface area contributed by atoms with Gasteiger partial charge < -0.3 is 5.73 Å². The van der Waals surface area contributed by atoms with Gasteiger partial charge >= 0.3 is 5.91 Å². The Hall–Kier alpha value is -3.02. The molecule has 0 aliphatic carbocycles. The zero-order chi connectivity index (χ0) is 19.3. The van der Waals surface area contributed by atoms with Crippen LogP contribution in [0.4, 0.5) is 0 Å². The molecule has 0 atom stereocenters. The summed E-state index contributed by atoms with van der Waals surface area (Å²) in [7, 11) is 0. The summed E-state index contributed by atoms with van der Waals surface area (Å²) in [4.78, 5) is 16.9. The number of aryl methyl sites for hydroxylation is 1. The van der Waals surface area contributed by atoms with Crippen molar-refractivity contribution in [2.45, 2.75) is 39.8 Å². The van der Waals surface area contributed by atoms with E-state index in [1.807, 2.05) is 45.9 Å². The minimum atomic E-state index is -0.278. The van der Waals surface area contributed by atoms with E-state index in [-0.39, 0.29) is 11.4 Å². The number of nitrogens with two attached hydrogens (primary N) is 1. The second kappa shape index (κ2) is 7.91. The molecule has 1 aromatic carbocycles. The molecule has 0 saturated heterocycles. The number of aliphatic imine (C=N–C) groups is 1. The van der Waals surface area contributed by atoms with Crippen molar-refractivity contribution in [1.82, 2.24) is 10.2 Å². The number of amides is 1. The van der Waals surface area contributed by atoms with Crippen molar-refractivity contribution in [2.24, 2.45) is 10.7 Å². The van der Waals surface area contributed by atoms with E-state index < -0.39 is 0 Å². The minimum absolute atomic E-state index is 0.266. The standard InChI is InChI=1S/C20H25N5O/c1-14-10-15(18-8-9-23-24-18)6-7-16(14)13-25(5)19(26)17(11-21)12-22-20(2,3)4/h6-12H,5,13H2,1-4H3,(H2-,21,22,23,24,26)/p+1. The van der Waals surface area contributed by atoms with Gasteiger partial charge in [0.05, 0.1) is 11.2 Å². The summed E-state index contributed by atoms with van der Waals surface area (Å²) in [6, 6.07) is 7.96. The molecule has 0 spiro atoms. The van der Waals surface area contributed by atoms with Crippen molar-refractivity contribution in [2.75, 3.05) is 0 Å². The van der Waals surface area contributed by atoms with Crippen LogP contribution in [0.1, 0.15) is 31.9 Å². The number of hydrogen-bond acceptors (Lipinski definition) is 4. The SMILES string of the molecule is C=[N+](Cc1ccc(-c2ccn[nH]2)cc1C)C(=O)C(C=NC(C)(C)C)=CN. The average Bonchev–Trinajstić information content (AvgIpc) is 3.10. The van der Waals surface area contributed by atoms with Gasteiger partial charge in [0.1, 0.15) is 12.3 Å². The van der Waals surface area contributed by atoms with Gasteiger partial charge in [0.2, 0.25) is 0 Å². The van der Waals surface area contributed by atoms with Crippen molar-refractivity contribution < 1.29 is 9.37 Å². The predicted octanol–water partition coefficient (Wildman–Crippen LogP) is 2.84. The van der Waals surface area contributed by atoms with Crippen molar-refractivity contribution in [1.29, 1.82) is 0 Å². The molecular formula is C20H26N5O+. The highest BCUT2D eigenvalue weighted by molar-refractivity contribution is 6.08. The van der Waals surface area contributed by atoms with Crippen LogP contribution < -0.4 is 5.73 Å². The second-order valence-electron chi connectivity index (χ2n) is 7.17. The number of aromatic amines is 1. The van der Waals surface area contributed by atoms with Crippen LogP contribution in [0.5, 0.6) is 0 Å². The van der Waals surface area contributed by atoms with Crippen molar-refractivity contribution in [3.05, 3.63) is 53.4 Å². The molecule has 0 aliphatic heterocycles. The van der Waals surface area contributed by atoms with E-state index in [1.54, 1.807) is 6.20 Å². The molecule has 0 fully saturated rings. The summed E-state index contributed by atoms with van der Waals surface area (Å²) >= 11 is 0. The number of carbonyl (C=O) groups is 1. The third-order valence-electron chi connectivity index (χ3n) is 3.82. The van der Waals surface area contributed by atoms with E-state index in [2.05, 4.69) is 28.0 Å². The largest absolute Gasteiger partial charge is 0.422 e. The number of nitrogens with zero attached hydrogens (tertiary/aromatic N) is 3. The van der Waals surface area contributed by atoms with Gasteiger partial charge in [-0.1, -0.05) is 12.1 Å². The maximum Gasteiger partial charge on any atom is 0.422 e. The normalized spacial score (nSPS) is 12.5. The van der Waals surface area contributed by atoms with Crippen molar-refractivity contribution in [3.8, 4) is 11.3 Å². The zero-order valence-electron chi connectivity index (χ0n) is 15.8. The molecular weight excluding hydrogens is 326 g/mol. The molecule has 0 saturated carbocycles. The third-order valence-corrected chi connectivity index (χ3v) is 3.82. The molecule has 0 aliphatic rings. The lowest BCUT2D eigenvalue weighted by Crippen LogP contribution is -2.23. The van der Waals surface area contributed by atoms with Crippen LogP contribution in [0.3, 0.4) is 0 Å². The molecule has 3 N–H and O–H groups in total. The van der Waals surface area contributed by atoms with Crippen LogP contribution in [0.25, 0.3) is 11.3 Å². The van der Waals surface area contributed by atoms with Gasteiger partial charge in [0.15, 0.2) is 6.54 Å². The molecule has 2 aromatic rings. The fraction of sp³-hybridized carbons (Fsp3) is 0.300. The Morgan fingerprint density at radius 2 is 2.12 bits per heavy atom. The first-order valence-electron chi connectivity index (χ1n) is 8.40. The topological polar surface area (TPSA) is 87.1 Å². The third kappa shape index (κ3) is 4.99. The number of carbonyl (C=O) groups excluding carboxylic acids is 1. The predicted molar refractivity (Wildman–Crippen MR) is 105 cm³/mol. The minimum Gasteiger partial charge on any atom is -0.404 e. The molecule has 136 valence electrons. The van der Waals surface area contributed by atoms with Crippen LogP contribution in [-0.2, 0) is 11.3 Å². The van der Waals surface area contributed by atoms with Gasteiger partial charge in [-0.15, -0.1) is 0 Å². The summed E-state index contributed by atoms with van der Waals surface area (Å²) in [5, 5.41) is 6.91. The maximum atomic E-state index is 12.6. The Balaban J connectivity index is 2.14. The number of H-pyrrole nitrogens is 1. The van der Waals surface area contributed by atoms with Gasteiger partial charge in [-0.05, 0) is 51.0 Å². The molecule has 6 nitrogen and oxygen atoms in total. The van der Waals surface area contributed by atoms with E-state index in [9.17, 15) is 4.79 Å². The van der Waals surface area contributed by atoms with Gasteiger partial charge in [0.25, 0.3) is 0 Å². The molecule has 1 heterocycles. The fourth-order valence-corrected chi connectivity index (χ4v) is 2.35. The quantitative estimate of drug-likeness (QED) is 0.493. The van der Waals surface area contributed by atoms with E-state index in [0.717, 1.165) is 22.4 Å². The van der Waals surface area contributed by atoms with Crippen LogP contribution in [0, 0.1) is 6.92 Å². The lowest BCUT2D eigenvalue weighted by molar-refractivity contribution is -0.451. The lowest BCUT2D eigenvalue weighted by Gasteiger charge is -2.11. The molecule has 0 unspecified atom stereocenters.